The molecule has 3 amide bonds. The number of nitrogens with zero attached hydrogens (tertiary/aromatic N) is 2. The van der Waals surface area contributed by atoms with Crippen molar-refractivity contribution in [2.45, 2.75) is 50.7 Å². The largest absolute Gasteiger partial charge is 0.393 e. The number of benzene rings is 2. The molecule has 2 aliphatic heterocycles. The van der Waals surface area contributed by atoms with Gasteiger partial charge in [0.2, 0.25) is 17.7 Å². The maximum Gasteiger partial charge on any atom is 0.241 e. The van der Waals surface area contributed by atoms with Crippen molar-refractivity contribution in [2.24, 2.45) is 0 Å². The molecule has 2 heterocycles. The summed E-state index contributed by atoms with van der Waals surface area (Å²) in [6.07, 6.45) is 0.646. The molecule has 2 fully saturated rings. The van der Waals surface area contributed by atoms with Gasteiger partial charge in [0, 0.05) is 25.9 Å². The summed E-state index contributed by atoms with van der Waals surface area (Å²) < 4.78 is 0. The van der Waals surface area contributed by atoms with Crippen LogP contribution in [0.25, 0.3) is 0 Å². The smallest absolute Gasteiger partial charge is 0.241 e. The minimum Gasteiger partial charge on any atom is -0.393 e. The van der Waals surface area contributed by atoms with Gasteiger partial charge in [-0.05, 0) is 36.5 Å². The van der Waals surface area contributed by atoms with E-state index in [1.165, 1.54) is 4.90 Å². The van der Waals surface area contributed by atoms with Gasteiger partial charge in [0.05, 0.1) is 18.1 Å². The monoisotopic (exact) mass is 420 g/mol. The molecule has 6 heteroatoms. The second-order valence-electron chi connectivity index (χ2n) is 8.63. The van der Waals surface area contributed by atoms with Gasteiger partial charge in [-0.3, -0.25) is 19.3 Å². The lowest BCUT2D eigenvalue weighted by Crippen LogP contribution is -2.46. The third-order valence-electron chi connectivity index (χ3n) is 6.52. The van der Waals surface area contributed by atoms with Crippen LogP contribution >= 0.6 is 0 Å². The van der Waals surface area contributed by atoms with Crippen molar-refractivity contribution in [3.8, 4) is 0 Å². The maximum absolute atomic E-state index is 13.8. The first-order chi connectivity index (χ1) is 14.9. The molecular weight excluding hydrogens is 392 g/mol. The third-order valence-corrected chi connectivity index (χ3v) is 6.52. The fraction of sp³-hybridized carbons (Fsp3) is 0.400. The molecular formula is C25H28N2O4. The van der Waals surface area contributed by atoms with Gasteiger partial charge in [-0.25, -0.2) is 0 Å². The number of carbonyl (C=O) groups is 3. The van der Waals surface area contributed by atoms with Gasteiger partial charge in [-0.15, -0.1) is 0 Å². The molecule has 0 bridgehead atoms. The van der Waals surface area contributed by atoms with Crippen molar-refractivity contribution in [3.05, 3.63) is 71.3 Å². The molecule has 4 rings (SSSR count). The Hall–Kier alpha value is -2.99. The van der Waals surface area contributed by atoms with Crippen LogP contribution in [0, 0.1) is 6.92 Å². The second kappa shape index (κ2) is 8.63. The first kappa shape index (κ1) is 21.2. The first-order valence-corrected chi connectivity index (χ1v) is 10.8. The average molecular weight is 421 g/mol. The summed E-state index contributed by atoms with van der Waals surface area (Å²) in [5, 5.41) is 9.77. The third kappa shape index (κ3) is 4.12. The summed E-state index contributed by atoms with van der Waals surface area (Å²) in [6, 6.07) is 16.9. The molecule has 1 atom stereocenters. The molecule has 0 aromatic heterocycles. The van der Waals surface area contributed by atoms with E-state index in [4.69, 9.17) is 0 Å². The van der Waals surface area contributed by atoms with Crippen LogP contribution in [0.2, 0.25) is 0 Å². The van der Waals surface area contributed by atoms with E-state index in [1.54, 1.807) is 4.90 Å². The zero-order chi connectivity index (χ0) is 22.0. The summed E-state index contributed by atoms with van der Waals surface area (Å²) in [5.74, 6) is -0.696. The van der Waals surface area contributed by atoms with Crippen LogP contribution in [-0.4, -0.2) is 51.8 Å². The number of hydrogen-bond donors (Lipinski definition) is 1. The molecule has 0 radical (unpaired) electrons. The number of rotatable bonds is 5. The topological polar surface area (TPSA) is 77.9 Å². The summed E-state index contributed by atoms with van der Waals surface area (Å²) in [7, 11) is 0. The van der Waals surface area contributed by atoms with Gasteiger partial charge in [0.1, 0.15) is 0 Å². The molecule has 0 saturated carbocycles. The highest BCUT2D eigenvalue weighted by Crippen LogP contribution is 2.42. The number of aryl methyl sites for hydroxylation is 1. The van der Waals surface area contributed by atoms with Crippen molar-refractivity contribution in [3.63, 3.8) is 0 Å². The quantitative estimate of drug-likeness (QED) is 0.754. The minimum absolute atomic E-state index is 0.00821. The Labute approximate surface area is 182 Å². The van der Waals surface area contributed by atoms with Gasteiger partial charge in [0.25, 0.3) is 0 Å². The molecule has 0 aliphatic carbocycles. The lowest BCUT2D eigenvalue weighted by molar-refractivity contribution is -0.143. The Morgan fingerprint density at radius 1 is 1.03 bits per heavy atom. The highest BCUT2D eigenvalue weighted by molar-refractivity contribution is 6.10. The van der Waals surface area contributed by atoms with Crippen molar-refractivity contribution in [2.75, 3.05) is 13.1 Å². The van der Waals surface area contributed by atoms with E-state index in [0.717, 1.165) is 16.7 Å². The molecule has 2 aromatic carbocycles. The van der Waals surface area contributed by atoms with Crippen molar-refractivity contribution in [1.29, 1.82) is 0 Å². The number of carbonyl (C=O) groups excluding carboxylic acids is 3. The first-order valence-electron chi connectivity index (χ1n) is 10.8. The van der Waals surface area contributed by atoms with Crippen LogP contribution in [0.1, 0.15) is 42.4 Å². The van der Waals surface area contributed by atoms with E-state index in [1.807, 2.05) is 61.5 Å². The maximum atomic E-state index is 13.8. The Morgan fingerprint density at radius 2 is 1.68 bits per heavy atom. The number of imide groups is 1. The summed E-state index contributed by atoms with van der Waals surface area (Å²) in [6.45, 7) is 3.06. The highest BCUT2D eigenvalue weighted by atomic mass is 16.3. The number of aliphatic hydroxyl groups is 1. The summed E-state index contributed by atoms with van der Waals surface area (Å²) in [4.78, 5) is 43.0. The Kier molecular flexibility index (Phi) is 5.92. The van der Waals surface area contributed by atoms with Crippen LogP contribution in [-0.2, 0) is 26.3 Å². The molecule has 2 aromatic rings. The fourth-order valence-electron chi connectivity index (χ4n) is 4.77. The predicted octanol–water partition coefficient (Wildman–Crippen LogP) is 2.57. The van der Waals surface area contributed by atoms with Crippen molar-refractivity contribution < 1.29 is 19.5 Å². The van der Waals surface area contributed by atoms with Crippen LogP contribution in [0.4, 0.5) is 0 Å². The van der Waals surface area contributed by atoms with E-state index in [0.29, 0.717) is 25.9 Å². The van der Waals surface area contributed by atoms with Crippen molar-refractivity contribution >= 4 is 17.7 Å². The SMILES string of the molecule is Cc1ccccc1[C@]1(CC(=O)N2CCC(O)CC2)CC(=O)N(Cc2ccccc2)C1=O. The highest BCUT2D eigenvalue weighted by Gasteiger charge is 2.54. The van der Waals surface area contributed by atoms with Gasteiger partial charge >= 0.3 is 0 Å². The van der Waals surface area contributed by atoms with Crippen LogP contribution in [0.5, 0.6) is 0 Å². The van der Waals surface area contributed by atoms with E-state index in [-0.39, 0.29) is 43.2 Å². The Balaban J connectivity index is 1.67. The fourth-order valence-corrected chi connectivity index (χ4v) is 4.77. The number of aliphatic hydroxyl groups excluding tert-OH is 1. The standard InChI is InChI=1S/C25H28N2O4/c1-18-7-5-6-10-21(18)25(15-22(29)26-13-11-20(28)12-14-26)16-23(30)27(24(25)31)17-19-8-3-2-4-9-19/h2-10,20,28H,11-17H2,1H3/t25-/m0/s1. The van der Waals surface area contributed by atoms with Crippen molar-refractivity contribution in [1.82, 2.24) is 9.80 Å². The lowest BCUT2D eigenvalue weighted by Gasteiger charge is -2.34. The number of hydrogen-bond acceptors (Lipinski definition) is 4. The molecule has 162 valence electrons. The van der Waals surface area contributed by atoms with Gasteiger partial charge < -0.3 is 10.0 Å². The average Bonchev–Trinajstić information content (AvgIpc) is 3.00. The van der Waals surface area contributed by atoms with Crippen LogP contribution in [0.3, 0.4) is 0 Å². The van der Waals surface area contributed by atoms with Gasteiger partial charge in [0.15, 0.2) is 0 Å². The van der Waals surface area contributed by atoms with Gasteiger partial charge in [-0.2, -0.15) is 0 Å². The normalized spacial score (nSPS) is 22.3. The van der Waals surface area contributed by atoms with Crippen LogP contribution < -0.4 is 0 Å². The Morgan fingerprint density at radius 3 is 2.35 bits per heavy atom. The number of likely N-dealkylation sites (tertiary alicyclic amines) is 2. The molecule has 6 nitrogen and oxygen atoms in total. The van der Waals surface area contributed by atoms with Gasteiger partial charge in [-0.1, -0.05) is 54.6 Å². The van der Waals surface area contributed by atoms with E-state index in [2.05, 4.69) is 0 Å². The Bertz CT molecular complexity index is 982. The zero-order valence-electron chi connectivity index (χ0n) is 17.8. The molecule has 0 spiro atoms. The molecule has 31 heavy (non-hydrogen) atoms. The molecule has 0 unspecified atom stereocenters. The number of amides is 3. The predicted molar refractivity (Wildman–Crippen MR) is 116 cm³/mol. The number of piperidine rings is 1. The molecule has 2 saturated heterocycles. The summed E-state index contributed by atoms with van der Waals surface area (Å²) in [5.41, 5.74) is 1.33. The van der Waals surface area contributed by atoms with E-state index >= 15 is 0 Å². The molecule has 2 aliphatic rings. The zero-order valence-corrected chi connectivity index (χ0v) is 17.8. The van der Waals surface area contributed by atoms with Crippen LogP contribution in [0.15, 0.2) is 54.6 Å². The second-order valence-corrected chi connectivity index (χ2v) is 8.63. The molecule has 1 N–H and O–H groups in total. The minimum atomic E-state index is -1.19. The summed E-state index contributed by atoms with van der Waals surface area (Å²) >= 11 is 0. The van der Waals surface area contributed by atoms with E-state index < -0.39 is 5.41 Å². The van der Waals surface area contributed by atoms with E-state index in [9.17, 15) is 19.5 Å². The lowest BCUT2D eigenvalue weighted by atomic mass is 9.73.